The quantitative estimate of drug-likeness (QED) is 0.426. The number of likely N-dealkylation sites (tertiary alicyclic amines) is 1. The molecule has 9 N–H and O–H groups in total. The van der Waals surface area contributed by atoms with Gasteiger partial charge in [0, 0.05) is 37.3 Å². The molecule has 2 aliphatic carbocycles. The summed E-state index contributed by atoms with van der Waals surface area (Å²) in [4.78, 5) is 2.47. The molecule has 0 saturated carbocycles. The number of alkyl halides is 1. The number of piperidine rings is 1. The normalized spacial score (nSPS) is 23.7. The number of hydrogen-bond donors (Lipinski definition) is 3. The van der Waals surface area contributed by atoms with Crippen molar-refractivity contribution in [2.24, 2.45) is 5.92 Å². The maximum absolute atomic E-state index is 11.2. The molecule has 0 spiro atoms. The minimum atomic E-state index is -0.681. The van der Waals surface area contributed by atoms with Crippen LogP contribution in [0.3, 0.4) is 0 Å². The van der Waals surface area contributed by atoms with Crippen LogP contribution in [0.25, 0.3) is 0 Å². The smallest absolute Gasteiger partial charge is 0.0884 e. The highest BCUT2D eigenvalue weighted by molar-refractivity contribution is 6.29. The number of aliphatic hydroxyl groups is 2. The van der Waals surface area contributed by atoms with E-state index >= 15 is 0 Å². The number of aliphatic hydroxyl groups excluding tert-OH is 1. The number of allylic oxidation sites excluding steroid dienone is 4. The van der Waals surface area contributed by atoms with E-state index in [0.717, 1.165) is 80.0 Å². The van der Waals surface area contributed by atoms with Crippen LogP contribution in [0.1, 0.15) is 46.0 Å². The third-order valence-electron chi connectivity index (χ3n) is 6.65. The Hall–Kier alpha value is -0.740. The zero-order valence-corrected chi connectivity index (χ0v) is 21.2. The predicted octanol–water partition coefficient (Wildman–Crippen LogP) is 1.65. The Morgan fingerprint density at radius 2 is 1.82 bits per heavy atom. The molecule has 9 heteroatoms. The molecule has 1 saturated heterocycles. The highest BCUT2D eigenvalue weighted by Crippen LogP contribution is 2.36. The Morgan fingerprint density at radius 1 is 1.15 bits per heavy atom. The van der Waals surface area contributed by atoms with Crippen molar-refractivity contribution in [3.63, 3.8) is 0 Å². The summed E-state index contributed by atoms with van der Waals surface area (Å²) in [5.74, 6) is 0.497. The van der Waals surface area contributed by atoms with Crippen LogP contribution in [0.15, 0.2) is 46.1 Å². The molecule has 1 fully saturated rings. The number of halogens is 2. The second-order valence-corrected chi connectivity index (χ2v) is 10.3. The van der Waals surface area contributed by atoms with Crippen molar-refractivity contribution in [3.8, 4) is 0 Å². The second kappa shape index (κ2) is 14.6. The number of nitrogens with one attached hydrogen (secondary N) is 1. The minimum Gasteiger partial charge on any atom is -0.412 e. The lowest BCUT2D eigenvalue weighted by Gasteiger charge is -2.42. The largest absolute Gasteiger partial charge is 0.412 e. The molecule has 0 aromatic carbocycles. The first-order valence-electron chi connectivity index (χ1n) is 11.2. The van der Waals surface area contributed by atoms with Gasteiger partial charge in [-0.05, 0) is 60.8 Å². The van der Waals surface area contributed by atoms with Crippen LogP contribution >= 0.6 is 23.2 Å². The maximum Gasteiger partial charge on any atom is 0.0884 e. The molecule has 0 amide bonds. The van der Waals surface area contributed by atoms with Gasteiger partial charge in [0.25, 0.3) is 0 Å². The van der Waals surface area contributed by atoms with E-state index in [1.54, 1.807) is 0 Å². The minimum absolute atomic E-state index is 0. The molecule has 3 rings (SSSR count). The zero-order chi connectivity index (χ0) is 21.7. The average Bonchev–Trinajstić information content (AvgIpc) is 2.72. The number of nitrogens with zero attached hydrogens (tertiary/aromatic N) is 1. The van der Waals surface area contributed by atoms with Crippen LogP contribution in [-0.4, -0.2) is 81.3 Å². The van der Waals surface area contributed by atoms with Gasteiger partial charge in [0.1, 0.15) is 0 Å². The van der Waals surface area contributed by atoms with Crippen molar-refractivity contribution < 1.29 is 26.6 Å². The van der Waals surface area contributed by atoms with E-state index < -0.39 is 5.60 Å². The van der Waals surface area contributed by atoms with E-state index in [1.165, 1.54) is 0 Å². The Bertz CT molecular complexity index is 728. The third kappa shape index (κ3) is 9.09. The summed E-state index contributed by atoms with van der Waals surface area (Å²) in [7, 11) is 0. The lowest BCUT2D eigenvalue weighted by molar-refractivity contribution is 0.00338. The standard InChI is InChI=1S/C24H36Cl2N2O2.3H2O/c1-17(2)23(27-14-18-11-19(16-29)13-22(26)12-18)15-28-9-7-24(30,8-10-28)20-3-5-21(25)6-4-20;;;/h3,5,11-12,17,22-23,27,29-30H,4,6-10,13-16H2,1-2H3;3*1H2/t22?,23-;;;/m0.../s1. The van der Waals surface area contributed by atoms with Crippen LogP contribution in [0.2, 0.25) is 0 Å². The summed E-state index contributed by atoms with van der Waals surface area (Å²) in [5, 5.41) is 25.1. The van der Waals surface area contributed by atoms with Gasteiger partial charge in [-0.2, -0.15) is 0 Å². The monoisotopic (exact) mass is 508 g/mol. The van der Waals surface area contributed by atoms with Gasteiger partial charge in [-0.3, -0.25) is 0 Å². The average molecular weight is 510 g/mol. The fraction of sp³-hybridized carbons (Fsp3) is 0.667. The van der Waals surface area contributed by atoms with E-state index in [4.69, 9.17) is 23.2 Å². The molecule has 1 unspecified atom stereocenters. The fourth-order valence-electron chi connectivity index (χ4n) is 4.60. The van der Waals surface area contributed by atoms with E-state index in [9.17, 15) is 10.2 Å². The summed E-state index contributed by atoms with van der Waals surface area (Å²) in [5.41, 5.74) is 2.61. The van der Waals surface area contributed by atoms with Crippen LogP contribution in [-0.2, 0) is 0 Å². The lowest BCUT2D eigenvalue weighted by atomic mass is 9.80. The summed E-state index contributed by atoms with van der Waals surface area (Å²) in [6.07, 6.45) is 12.1. The molecule has 7 nitrogen and oxygen atoms in total. The van der Waals surface area contributed by atoms with Gasteiger partial charge in [-0.15, -0.1) is 11.6 Å². The fourth-order valence-corrected chi connectivity index (χ4v) is 5.11. The van der Waals surface area contributed by atoms with Gasteiger partial charge in [0.2, 0.25) is 0 Å². The van der Waals surface area contributed by atoms with Crippen molar-refractivity contribution in [3.05, 3.63) is 46.1 Å². The maximum atomic E-state index is 11.2. The topological polar surface area (TPSA) is 150 Å². The highest BCUT2D eigenvalue weighted by atomic mass is 35.5. The first-order valence-corrected chi connectivity index (χ1v) is 12.0. The van der Waals surface area contributed by atoms with Gasteiger partial charge in [-0.1, -0.05) is 43.7 Å². The first kappa shape index (κ1) is 32.3. The predicted molar refractivity (Wildman–Crippen MR) is 137 cm³/mol. The summed E-state index contributed by atoms with van der Waals surface area (Å²) in [6.45, 7) is 8.09. The van der Waals surface area contributed by atoms with E-state index in [2.05, 4.69) is 36.2 Å². The summed E-state index contributed by atoms with van der Waals surface area (Å²) >= 11 is 12.4. The number of rotatable bonds is 8. The van der Waals surface area contributed by atoms with Gasteiger partial charge >= 0.3 is 0 Å². The lowest BCUT2D eigenvalue weighted by Crippen LogP contribution is -2.51. The molecule has 33 heavy (non-hydrogen) atoms. The Morgan fingerprint density at radius 3 is 2.36 bits per heavy atom. The molecule has 0 radical (unpaired) electrons. The van der Waals surface area contributed by atoms with Crippen molar-refractivity contribution in [1.29, 1.82) is 0 Å². The van der Waals surface area contributed by atoms with Gasteiger partial charge in [0.15, 0.2) is 0 Å². The van der Waals surface area contributed by atoms with Crippen LogP contribution in [0, 0.1) is 5.92 Å². The first-order chi connectivity index (χ1) is 14.3. The van der Waals surface area contributed by atoms with Crippen molar-refractivity contribution in [2.75, 3.05) is 32.8 Å². The third-order valence-corrected chi connectivity index (χ3v) is 7.25. The van der Waals surface area contributed by atoms with Crippen LogP contribution in [0.4, 0.5) is 0 Å². The molecular formula is C24H42Cl2N2O5. The van der Waals surface area contributed by atoms with Gasteiger partial charge < -0.3 is 36.9 Å². The van der Waals surface area contributed by atoms with Crippen LogP contribution in [0.5, 0.6) is 0 Å². The van der Waals surface area contributed by atoms with E-state index in [-0.39, 0.29) is 28.4 Å². The molecule has 2 atom stereocenters. The summed E-state index contributed by atoms with van der Waals surface area (Å²) < 4.78 is 0. The molecule has 1 heterocycles. The Labute approximate surface area is 207 Å². The van der Waals surface area contributed by atoms with Gasteiger partial charge in [0.05, 0.1) is 17.6 Å². The molecule has 1 aliphatic heterocycles. The molecule has 0 bridgehead atoms. The second-order valence-electron chi connectivity index (χ2n) is 9.29. The molecule has 3 aliphatic rings. The highest BCUT2D eigenvalue weighted by Gasteiger charge is 2.36. The molecular weight excluding hydrogens is 467 g/mol. The summed E-state index contributed by atoms with van der Waals surface area (Å²) in [6, 6.07) is 0.356. The Kier molecular flexibility index (Phi) is 14.3. The molecule has 0 aromatic heterocycles. The number of hydrogen-bond acceptors (Lipinski definition) is 4. The SMILES string of the molecule is CC(C)[C@H](CN1CCC(O)(C2=CC=C(Cl)CC2)CC1)NCC1=CC(Cl)CC(CO)=C1.O.O.O. The molecule has 192 valence electrons. The Balaban J connectivity index is 0.00000341. The van der Waals surface area contributed by atoms with Crippen molar-refractivity contribution in [1.82, 2.24) is 10.2 Å². The van der Waals surface area contributed by atoms with Crippen LogP contribution < -0.4 is 5.32 Å². The van der Waals surface area contributed by atoms with Crippen molar-refractivity contribution >= 4 is 23.2 Å². The van der Waals surface area contributed by atoms with Gasteiger partial charge in [-0.25, -0.2) is 0 Å². The van der Waals surface area contributed by atoms with E-state index in [0.29, 0.717) is 12.0 Å². The zero-order valence-electron chi connectivity index (χ0n) is 19.7. The molecule has 0 aromatic rings. The van der Waals surface area contributed by atoms with E-state index in [1.807, 2.05) is 12.2 Å². The van der Waals surface area contributed by atoms with Crippen molar-refractivity contribution in [2.45, 2.75) is 63.0 Å².